The van der Waals surface area contributed by atoms with Crippen LogP contribution in [0.1, 0.15) is 37.8 Å². The molecule has 1 fully saturated rings. The molecule has 84 valence electrons. The molecular formula is C12H21N3. The third kappa shape index (κ3) is 2.74. The van der Waals surface area contributed by atoms with Crippen molar-refractivity contribution in [3.63, 3.8) is 0 Å². The first-order valence-corrected chi connectivity index (χ1v) is 5.99. The Morgan fingerprint density at radius 3 is 2.73 bits per heavy atom. The lowest BCUT2D eigenvalue weighted by Gasteiger charge is -2.21. The summed E-state index contributed by atoms with van der Waals surface area (Å²) in [6, 6.07) is 0. The zero-order valence-electron chi connectivity index (χ0n) is 9.79. The van der Waals surface area contributed by atoms with Gasteiger partial charge in [-0.05, 0) is 25.7 Å². The Kier molecular flexibility index (Phi) is 3.29. The standard InChI is InChI=1S/C12H21N3/c1-10-9-15(2)12(14-10)13-8-11-6-4-3-5-7-11/h9,11H,3-8H2,1-2H3,(H,13,14). The van der Waals surface area contributed by atoms with E-state index in [0.29, 0.717) is 0 Å². The molecule has 15 heavy (non-hydrogen) atoms. The van der Waals surface area contributed by atoms with Gasteiger partial charge in [-0.15, -0.1) is 0 Å². The van der Waals surface area contributed by atoms with Crippen LogP contribution in [0, 0.1) is 12.8 Å². The predicted molar refractivity (Wildman–Crippen MR) is 63.0 cm³/mol. The van der Waals surface area contributed by atoms with Crippen LogP contribution in [0.3, 0.4) is 0 Å². The Balaban J connectivity index is 1.84. The van der Waals surface area contributed by atoms with Crippen LogP contribution in [-0.4, -0.2) is 16.1 Å². The van der Waals surface area contributed by atoms with Crippen LogP contribution in [0.15, 0.2) is 6.20 Å². The zero-order chi connectivity index (χ0) is 10.7. The lowest BCUT2D eigenvalue weighted by Crippen LogP contribution is -2.18. The first-order valence-electron chi connectivity index (χ1n) is 5.99. The molecule has 0 unspecified atom stereocenters. The second-order valence-corrected chi connectivity index (χ2v) is 4.70. The average molecular weight is 207 g/mol. The van der Waals surface area contributed by atoms with Gasteiger partial charge in [0.1, 0.15) is 0 Å². The molecule has 0 saturated heterocycles. The van der Waals surface area contributed by atoms with Crippen molar-refractivity contribution in [1.29, 1.82) is 0 Å². The molecule has 1 aromatic rings. The maximum absolute atomic E-state index is 4.45. The van der Waals surface area contributed by atoms with Gasteiger partial charge in [0.05, 0.1) is 5.69 Å². The maximum atomic E-state index is 4.45. The first kappa shape index (κ1) is 10.5. The summed E-state index contributed by atoms with van der Waals surface area (Å²) in [5.41, 5.74) is 1.09. The molecule has 0 amide bonds. The van der Waals surface area contributed by atoms with Gasteiger partial charge < -0.3 is 9.88 Å². The molecule has 0 aliphatic heterocycles. The van der Waals surface area contributed by atoms with Crippen molar-refractivity contribution < 1.29 is 0 Å². The van der Waals surface area contributed by atoms with Gasteiger partial charge in [-0.1, -0.05) is 19.3 Å². The summed E-state index contributed by atoms with van der Waals surface area (Å²) in [4.78, 5) is 4.45. The van der Waals surface area contributed by atoms with E-state index < -0.39 is 0 Å². The Bertz CT molecular complexity index is 311. The van der Waals surface area contributed by atoms with Crippen molar-refractivity contribution >= 4 is 5.95 Å². The monoisotopic (exact) mass is 207 g/mol. The van der Waals surface area contributed by atoms with Crippen molar-refractivity contribution in [2.75, 3.05) is 11.9 Å². The molecule has 1 aromatic heterocycles. The van der Waals surface area contributed by atoms with Crippen molar-refractivity contribution in [3.05, 3.63) is 11.9 Å². The van der Waals surface area contributed by atoms with Gasteiger partial charge >= 0.3 is 0 Å². The molecule has 1 aliphatic carbocycles. The zero-order valence-corrected chi connectivity index (χ0v) is 9.79. The smallest absolute Gasteiger partial charge is 0.202 e. The SMILES string of the molecule is Cc1cn(C)c(NCC2CCCCC2)n1. The molecule has 1 heterocycles. The molecule has 3 nitrogen and oxygen atoms in total. The number of hydrogen-bond acceptors (Lipinski definition) is 2. The van der Waals surface area contributed by atoms with Crippen LogP contribution >= 0.6 is 0 Å². The van der Waals surface area contributed by atoms with Crippen LogP contribution in [0.4, 0.5) is 5.95 Å². The highest BCUT2D eigenvalue weighted by Crippen LogP contribution is 2.23. The van der Waals surface area contributed by atoms with E-state index >= 15 is 0 Å². The summed E-state index contributed by atoms with van der Waals surface area (Å²) < 4.78 is 2.07. The van der Waals surface area contributed by atoms with E-state index in [2.05, 4.69) is 21.1 Å². The lowest BCUT2D eigenvalue weighted by atomic mass is 9.89. The molecule has 1 aliphatic rings. The van der Waals surface area contributed by atoms with Gasteiger partial charge in [0.15, 0.2) is 0 Å². The van der Waals surface area contributed by atoms with Gasteiger partial charge in [0.25, 0.3) is 0 Å². The Morgan fingerprint density at radius 2 is 2.13 bits per heavy atom. The molecule has 0 aromatic carbocycles. The highest BCUT2D eigenvalue weighted by molar-refractivity contribution is 5.28. The number of nitrogens with zero attached hydrogens (tertiary/aromatic N) is 2. The molecule has 0 radical (unpaired) electrons. The van der Waals surface area contributed by atoms with Gasteiger partial charge in [-0.25, -0.2) is 4.98 Å². The van der Waals surface area contributed by atoms with Crippen LogP contribution in [0.5, 0.6) is 0 Å². The Labute approximate surface area is 91.9 Å². The second-order valence-electron chi connectivity index (χ2n) is 4.70. The van der Waals surface area contributed by atoms with Crippen LogP contribution in [0.25, 0.3) is 0 Å². The van der Waals surface area contributed by atoms with Crippen LogP contribution < -0.4 is 5.32 Å². The fourth-order valence-electron chi connectivity index (χ4n) is 2.41. The third-order valence-corrected chi connectivity index (χ3v) is 3.27. The van der Waals surface area contributed by atoms with E-state index in [1.807, 2.05) is 14.0 Å². The van der Waals surface area contributed by atoms with Crippen molar-refractivity contribution in [1.82, 2.24) is 9.55 Å². The van der Waals surface area contributed by atoms with E-state index in [0.717, 1.165) is 24.1 Å². The van der Waals surface area contributed by atoms with Crippen molar-refractivity contribution in [3.8, 4) is 0 Å². The van der Waals surface area contributed by atoms with Gasteiger partial charge in [0.2, 0.25) is 5.95 Å². The predicted octanol–water partition coefficient (Wildman–Crippen LogP) is 2.72. The minimum Gasteiger partial charge on any atom is -0.355 e. The average Bonchev–Trinajstić information content (AvgIpc) is 2.56. The fraction of sp³-hybridized carbons (Fsp3) is 0.750. The summed E-state index contributed by atoms with van der Waals surface area (Å²) >= 11 is 0. The minimum atomic E-state index is 0.857. The van der Waals surface area contributed by atoms with E-state index in [-0.39, 0.29) is 0 Å². The number of aryl methyl sites for hydroxylation is 2. The summed E-state index contributed by atoms with van der Waals surface area (Å²) in [6.45, 7) is 3.12. The van der Waals surface area contributed by atoms with Gasteiger partial charge in [0, 0.05) is 19.8 Å². The quantitative estimate of drug-likeness (QED) is 0.826. The Hall–Kier alpha value is -0.990. The normalized spacial score (nSPS) is 18.0. The largest absolute Gasteiger partial charge is 0.355 e. The molecule has 0 bridgehead atoms. The van der Waals surface area contributed by atoms with E-state index in [9.17, 15) is 0 Å². The number of hydrogen-bond donors (Lipinski definition) is 1. The second kappa shape index (κ2) is 4.69. The van der Waals surface area contributed by atoms with E-state index in [4.69, 9.17) is 0 Å². The molecule has 2 rings (SSSR count). The van der Waals surface area contributed by atoms with E-state index in [1.54, 1.807) is 0 Å². The van der Waals surface area contributed by atoms with Crippen molar-refractivity contribution in [2.24, 2.45) is 13.0 Å². The molecule has 0 atom stereocenters. The molecular weight excluding hydrogens is 186 g/mol. The summed E-state index contributed by atoms with van der Waals surface area (Å²) in [6.07, 6.45) is 9.08. The highest BCUT2D eigenvalue weighted by atomic mass is 15.2. The summed E-state index contributed by atoms with van der Waals surface area (Å²) in [5.74, 6) is 1.87. The highest BCUT2D eigenvalue weighted by Gasteiger charge is 2.13. The lowest BCUT2D eigenvalue weighted by molar-refractivity contribution is 0.373. The number of anilines is 1. The van der Waals surface area contributed by atoms with Crippen LogP contribution in [0.2, 0.25) is 0 Å². The minimum absolute atomic E-state index is 0.857. The molecule has 0 spiro atoms. The summed E-state index contributed by atoms with van der Waals surface area (Å²) in [5, 5.41) is 3.46. The molecule has 1 N–H and O–H groups in total. The van der Waals surface area contributed by atoms with Crippen LogP contribution in [-0.2, 0) is 7.05 Å². The summed E-state index contributed by atoms with van der Waals surface area (Å²) in [7, 11) is 2.04. The fourth-order valence-corrected chi connectivity index (χ4v) is 2.41. The van der Waals surface area contributed by atoms with Crippen molar-refractivity contribution in [2.45, 2.75) is 39.0 Å². The Morgan fingerprint density at radius 1 is 1.40 bits per heavy atom. The third-order valence-electron chi connectivity index (χ3n) is 3.27. The van der Waals surface area contributed by atoms with Gasteiger partial charge in [-0.2, -0.15) is 0 Å². The number of rotatable bonds is 3. The molecule has 3 heteroatoms. The van der Waals surface area contributed by atoms with E-state index in [1.165, 1.54) is 32.1 Å². The number of imidazole rings is 1. The number of aromatic nitrogens is 2. The number of nitrogens with one attached hydrogen (secondary N) is 1. The topological polar surface area (TPSA) is 29.9 Å². The first-order chi connectivity index (χ1) is 7.25. The maximum Gasteiger partial charge on any atom is 0.202 e. The molecule has 1 saturated carbocycles. The van der Waals surface area contributed by atoms with Gasteiger partial charge in [-0.3, -0.25) is 0 Å².